The Kier molecular flexibility index (Phi) is 14.6. The molecule has 1 aromatic rings. The summed E-state index contributed by atoms with van der Waals surface area (Å²) in [5.74, 6) is 1.39. The third-order valence-corrected chi connectivity index (χ3v) is 6.46. The molecule has 0 saturated carbocycles. The van der Waals surface area contributed by atoms with Crippen LogP contribution in [-0.2, 0) is 6.42 Å². The van der Waals surface area contributed by atoms with Crippen LogP contribution in [-0.4, -0.2) is 37.8 Å². The van der Waals surface area contributed by atoms with E-state index in [4.69, 9.17) is 14.2 Å². The standard InChI is InChI=1S/C31H49NO5/c1-21(13-10-14-22(2)17-12-18-24(4)32-26(6)33)15-11-16-23(3)19-20-27-25(5)29(35-7)31(37-9)30(36-8)28(27)34/h14-15,18-19,26,32-34H,10-13,16-17,20H2,1-9H3/b21-15+,22-14+,23-19+,24-18+. The first kappa shape index (κ1) is 32.2. The van der Waals surface area contributed by atoms with E-state index in [2.05, 4.69) is 50.4 Å². The summed E-state index contributed by atoms with van der Waals surface area (Å²) in [6, 6.07) is 0. The maximum Gasteiger partial charge on any atom is 0.207 e. The van der Waals surface area contributed by atoms with Gasteiger partial charge < -0.3 is 29.7 Å². The van der Waals surface area contributed by atoms with Crippen molar-refractivity contribution in [1.82, 2.24) is 5.32 Å². The maximum atomic E-state index is 10.8. The molecule has 1 aromatic carbocycles. The number of aliphatic hydroxyl groups is 1. The van der Waals surface area contributed by atoms with E-state index < -0.39 is 6.23 Å². The average molecular weight is 516 g/mol. The van der Waals surface area contributed by atoms with Gasteiger partial charge in [-0.2, -0.15) is 0 Å². The summed E-state index contributed by atoms with van der Waals surface area (Å²) in [4.78, 5) is 0. The number of rotatable bonds is 16. The van der Waals surface area contributed by atoms with Gasteiger partial charge >= 0.3 is 0 Å². The Balaban J connectivity index is 2.61. The number of benzene rings is 1. The van der Waals surface area contributed by atoms with Crippen LogP contribution in [0.1, 0.15) is 84.3 Å². The van der Waals surface area contributed by atoms with Gasteiger partial charge in [0.25, 0.3) is 0 Å². The van der Waals surface area contributed by atoms with Gasteiger partial charge in [-0.05, 0) is 86.5 Å². The molecule has 0 heterocycles. The van der Waals surface area contributed by atoms with Crippen LogP contribution in [0.2, 0.25) is 0 Å². The molecule has 208 valence electrons. The summed E-state index contributed by atoms with van der Waals surface area (Å²) in [6.45, 7) is 12.1. The molecular formula is C31H49NO5. The van der Waals surface area contributed by atoms with Crippen LogP contribution < -0.4 is 19.5 Å². The molecule has 3 N–H and O–H groups in total. The summed E-state index contributed by atoms with van der Waals surface area (Å²) in [7, 11) is 4.64. The first-order valence-corrected chi connectivity index (χ1v) is 13.1. The van der Waals surface area contributed by atoms with Crippen molar-refractivity contribution in [3.63, 3.8) is 0 Å². The molecule has 0 aromatic heterocycles. The Morgan fingerprint density at radius 2 is 1.22 bits per heavy atom. The lowest BCUT2D eigenvalue weighted by Gasteiger charge is -2.19. The Labute approximate surface area is 224 Å². The smallest absolute Gasteiger partial charge is 0.207 e. The SMILES string of the molecule is COc1c(C)c(C/C=C(\C)CC/C=C(\C)CC/C=C(\C)CC/C=C(\C)NC(C)O)c(O)c(OC)c1OC. The molecule has 0 fully saturated rings. The Hall–Kier alpha value is -2.86. The Morgan fingerprint density at radius 3 is 1.68 bits per heavy atom. The summed E-state index contributed by atoms with van der Waals surface area (Å²) in [6.07, 6.45) is 15.1. The monoisotopic (exact) mass is 515 g/mol. The molecule has 0 aliphatic rings. The first-order valence-electron chi connectivity index (χ1n) is 13.1. The number of ether oxygens (including phenoxy) is 3. The van der Waals surface area contributed by atoms with Crippen LogP contribution >= 0.6 is 0 Å². The summed E-state index contributed by atoms with van der Waals surface area (Å²) >= 11 is 0. The molecule has 1 atom stereocenters. The second-order valence-corrected chi connectivity index (χ2v) is 9.73. The zero-order chi connectivity index (χ0) is 28.0. The molecule has 1 unspecified atom stereocenters. The van der Waals surface area contributed by atoms with Crippen molar-refractivity contribution >= 4 is 0 Å². The number of aliphatic hydroxyl groups excluding tert-OH is 1. The van der Waals surface area contributed by atoms with E-state index in [1.54, 1.807) is 14.0 Å². The summed E-state index contributed by atoms with van der Waals surface area (Å²) in [5.41, 5.74) is 6.74. The van der Waals surface area contributed by atoms with Crippen LogP contribution in [0.4, 0.5) is 0 Å². The van der Waals surface area contributed by atoms with Crippen molar-refractivity contribution < 1.29 is 24.4 Å². The number of hydrogen-bond donors (Lipinski definition) is 3. The van der Waals surface area contributed by atoms with Crippen molar-refractivity contribution in [1.29, 1.82) is 0 Å². The molecule has 0 spiro atoms. The van der Waals surface area contributed by atoms with Crippen LogP contribution in [0.5, 0.6) is 23.0 Å². The number of allylic oxidation sites excluding steroid dienone is 8. The van der Waals surface area contributed by atoms with Gasteiger partial charge in [0.2, 0.25) is 11.5 Å². The fraction of sp³-hybridized carbons (Fsp3) is 0.548. The van der Waals surface area contributed by atoms with E-state index in [1.807, 2.05) is 13.8 Å². The topological polar surface area (TPSA) is 80.2 Å². The number of nitrogens with one attached hydrogen (secondary N) is 1. The number of phenols is 1. The lowest BCUT2D eigenvalue weighted by molar-refractivity contribution is 0.169. The van der Waals surface area contributed by atoms with E-state index >= 15 is 0 Å². The number of aromatic hydroxyl groups is 1. The van der Waals surface area contributed by atoms with Crippen molar-refractivity contribution in [2.75, 3.05) is 21.3 Å². The third-order valence-electron chi connectivity index (χ3n) is 6.46. The lowest BCUT2D eigenvalue weighted by Crippen LogP contribution is -2.23. The van der Waals surface area contributed by atoms with Gasteiger partial charge in [-0.25, -0.2) is 0 Å². The average Bonchev–Trinajstić information content (AvgIpc) is 2.83. The van der Waals surface area contributed by atoms with Crippen LogP contribution in [0.25, 0.3) is 0 Å². The van der Waals surface area contributed by atoms with Crippen LogP contribution in [0.3, 0.4) is 0 Å². The molecular weight excluding hydrogens is 466 g/mol. The second-order valence-electron chi connectivity index (χ2n) is 9.73. The molecule has 37 heavy (non-hydrogen) atoms. The van der Waals surface area contributed by atoms with Gasteiger partial charge in [0, 0.05) is 16.8 Å². The quantitative estimate of drug-likeness (QED) is 0.159. The molecule has 0 radical (unpaired) electrons. The maximum absolute atomic E-state index is 10.8. The third kappa shape index (κ3) is 11.0. The zero-order valence-electron chi connectivity index (χ0n) is 24.5. The molecule has 6 nitrogen and oxygen atoms in total. The van der Waals surface area contributed by atoms with E-state index in [0.29, 0.717) is 23.7 Å². The highest BCUT2D eigenvalue weighted by atomic mass is 16.5. The van der Waals surface area contributed by atoms with E-state index in [0.717, 1.165) is 55.3 Å². The largest absolute Gasteiger partial charge is 0.504 e. The van der Waals surface area contributed by atoms with Gasteiger partial charge in [-0.3, -0.25) is 0 Å². The fourth-order valence-corrected chi connectivity index (χ4v) is 4.28. The van der Waals surface area contributed by atoms with Crippen LogP contribution in [0.15, 0.2) is 46.7 Å². The van der Waals surface area contributed by atoms with Gasteiger partial charge in [-0.15, -0.1) is 0 Å². The van der Waals surface area contributed by atoms with Gasteiger partial charge in [0.05, 0.1) is 21.3 Å². The van der Waals surface area contributed by atoms with Crippen LogP contribution in [0, 0.1) is 6.92 Å². The van der Waals surface area contributed by atoms with E-state index in [9.17, 15) is 10.2 Å². The molecule has 0 amide bonds. The number of phenolic OH excluding ortho intramolecular Hbond substituents is 1. The predicted molar refractivity (Wildman–Crippen MR) is 154 cm³/mol. The second kappa shape index (κ2) is 16.8. The Bertz CT molecular complexity index is 955. The van der Waals surface area contributed by atoms with Gasteiger partial charge in [0.15, 0.2) is 11.5 Å². The van der Waals surface area contributed by atoms with Gasteiger partial charge in [-0.1, -0.05) is 41.0 Å². The predicted octanol–water partition coefficient (Wildman–Crippen LogP) is 7.28. The minimum absolute atomic E-state index is 0.100. The minimum atomic E-state index is -0.513. The van der Waals surface area contributed by atoms with Crippen molar-refractivity contribution in [3.05, 3.63) is 57.8 Å². The molecule has 6 heteroatoms. The van der Waals surface area contributed by atoms with Crippen molar-refractivity contribution in [2.24, 2.45) is 0 Å². The Morgan fingerprint density at radius 1 is 0.757 bits per heavy atom. The molecule has 1 rings (SSSR count). The highest BCUT2D eigenvalue weighted by Gasteiger charge is 2.23. The normalized spacial score (nSPS) is 14.0. The fourth-order valence-electron chi connectivity index (χ4n) is 4.28. The molecule has 0 aliphatic heterocycles. The molecule has 0 aliphatic carbocycles. The van der Waals surface area contributed by atoms with E-state index in [1.165, 1.54) is 30.9 Å². The van der Waals surface area contributed by atoms with E-state index in [-0.39, 0.29) is 5.75 Å². The highest BCUT2D eigenvalue weighted by molar-refractivity contribution is 5.66. The molecule has 0 saturated heterocycles. The minimum Gasteiger partial charge on any atom is -0.504 e. The van der Waals surface area contributed by atoms with Crippen molar-refractivity contribution in [2.45, 2.75) is 92.7 Å². The summed E-state index contributed by atoms with van der Waals surface area (Å²) < 4.78 is 16.3. The summed E-state index contributed by atoms with van der Waals surface area (Å²) in [5, 5.41) is 23.1. The highest BCUT2D eigenvalue weighted by Crippen LogP contribution is 2.49. The van der Waals surface area contributed by atoms with Gasteiger partial charge in [0.1, 0.15) is 6.23 Å². The number of hydrogen-bond acceptors (Lipinski definition) is 6. The zero-order valence-corrected chi connectivity index (χ0v) is 24.5. The first-order chi connectivity index (χ1) is 17.5. The lowest BCUT2D eigenvalue weighted by atomic mass is 9.99. The molecule has 0 bridgehead atoms. The number of methoxy groups -OCH3 is 3. The van der Waals surface area contributed by atoms with Crippen molar-refractivity contribution in [3.8, 4) is 23.0 Å².